The van der Waals surface area contributed by atoms with Crippen LogP contribution in [0.15, 0.2) is 229 Å². The first kappa shape index (κ1) is 35.6. The summed E-state index contributed by atoms with van der Waals surface area (Å²) in [6, 6.07) is 79.5. The van der Waals surface area contributed by atoms with Crippen LogP contribution in [0.5, 0.6) is 0 Å². The van der Waals surface area contributed by atoms with Gasteiger partial charge < -0.3 is 8.98 Å². The Hall–Kier alpha value is -8.34. The fourth-order valence-electron chi connectivity index (χ4n) is 9.26. The number of fused-ring (bicyclic) bond motifs is 6. The molecule has 3 heterocycles. The van der Waals surface area contributed by atoms with Crippen LogP contribution in [0.2, 0.25) is 0 Å². The van der Waals surface area contributed by atoms with Gasteiger partial charge >= 0.3 is 0 Å². The van der Waals surface area contributed by atoms with Crippen molar-refractivity contribution in [2.75, 3.05) is 0 Å². The van der Waals surface area contributed by atoms with Gasteiger partial charge in [0.25, 0.3) is 0 Å². The predicted molar refractivity (Wildman–Crippen MR) is 256 cm³/mol. The fourth-order valence-corrected chi connectivity index (χ4v) is 9.26. The van der Waals surface area contributed by atoms with Crippen LogP contribution < -0.4 is 0 Å². The molecule has 3 aromatic heterocycles. The highest BCUT2D eigenvalue weighted by atomic mass is 16.3. The number of nitrogens with zero attached hydrogens (tertiary/aromatic N) is 3. The fraction of sp³-hybridized carbons (Fsp3) is 0. The van der Waals surface area contributed by atoms with Crippen LogP contribution in [-0.4, -0.2) is 14.5 Å². The Morgan fingerprint density at radius 3 is 1.29 bits per heavy atom. The van der Waals surface area contributed by atoms with Gasteiger partial charge in [-0.25, -0.2) is 9.97 Å². The molecule has 0 amide bonds. The largest absolute Gasteiger partial charge is 0.452 e. The van der Waals surface area contributed by atoms with E-state index in [0.29, 0.717) is 11.4 Å². The SMILES string of the molecule is c1ccc(-c2nc(-c3cc(-c4ccccc4)c(-n4c5cccc(-c6ccccc6)c5c5c(-c6ccccc6)cccc54)c(-c4ccccc4)c3)c3oc4ccccc4c3n2)cc1. The zero-order chi connectivity index (χ0) is 41.0. The molecule has 0 aliphatic rings. The van der Waals surface area contributed by atoms with Crippen molar-refractivity contribution in [3.8, 4) is 72.8 Å². The molecule has 0 fully saturated rings. The lowest BCUT2D eigenvalue weighted by Crippen LogP contribution is -2.02. The molecule has 290 valence electrons. The van der Waals surface area contributed by atoms with Crippen LogP contribution in [0.4, 0.5) is 0 Å². The van der Waals surface area contributed by atoms with Crippen molar-refractivity contribution < 1.29 is 4.42 Å². The number of aromatic nitrogens is 3. The van der Waals surface area contributed by atoms with Gasteiger partial charge in [-0.2, -0.15) is 0 Å². The second kappa shape index (κ2) is 14.7. The number of rotatable bonds is 7. The van der Waals surface area contributed by atoms with Crippen LogP contribution >= 0.6 is 0 Å². The molecular formula is C58H37N3O. The van der Waals surface area contributed by atoms with Crippen molar-refractivity contribution in [2.45, 2.75) is 0 Å². The molecule has 4 heteroatoms. The normalized spacial score (nSPS) is 11.5. The molecular weight excluding hydrogens is 755 g/mol. The highest BCUT2D eigenvalue weighted by Gasteiger charge is 2.26. The summed E-state index contributed by atoms with van der Waals surface area (Å²) in [7, 11) is 0. The lowest BCUT2D eigenvalue weighted by molar-refractivity contribution is 0.667. The summed E-state index contributed by atoms with van der Waals surface area (Å²) in [5, 5.41) is 3.38. The van der Waals surface area contributed by atoms with E-state index in [1.165, 1.54) is 33.0 Å². The Morgan fingerprint density at radius 1 is 0.355 bits per heavy atom. The van der Waals surface area contributed by atoms with E-state index in [4.69, 9.17) is 14.4 Å². The van der Waals surface area contributed by atoms with Crippen LogP contribution in [0.1, 0.15) is 0 Å². The van der Waals surface area contributed by atoms with Crippen LogP contribution in [-0.2, 0) is 0 Å². The minimum Gasteiger partial charge on any atom is -0.452 e. The van der Waals surface area contributed by atoms with E-state index in [9.17, 15) is 0 Å². The Labute approximate surface area is 358 Å². The van der Waals surface area contributed by atoms with Crippen molar-refractivity contribution in [1.82, 2.24) is 14.5 Å². The summed E-state index contributed by atoms with van der Waals surface area (Å²) in [6.07, 6.45) is 0. The van der Waals surface area contributed by atoms with Crippen molar-refractivity contribution in [3.63, 3.8) is 0 Å². The van der Waals surface area contributed by atoms with Crippen molar-refractivity contribution in [1.29, 1.82) is 0 Å². The van der Waals surface area contributed by atoms with Gasteiger partial charge in [0, 0.05) is 38.4 Å². The zero-order valence-corrected chi connectivity index (χ0v) is 33.6. The quantitative estimate of drug-likeness (QED) is 0.161. The Bertz CT molecular complexity index is 3440. The zero-order valence-electron chi connectivity index (χ0n) is 33.6. The molecule has 0 aliphatic heterocycles. The highest BCUT2D eigenvalue weighted by molar-refractivity contribution is 6.21. The molecule has 62 heavy (non-hydrogen) atoms. The molecule has 0 bridgehead atoms. The summed E-state index contributed by atoms with van der Waals surface area (Å²) < 4.78 is 9.22. The number of furan rings is 1. The summed E-state index contributed by atoms with van der Waals surface area (Å²) in [4.78, 5) is 10.5. The van der Waals surface area contributed by atoms with E-state index in [1.54, 1.807) is 0 Å². The Morgan fingerprint density at radius 2 is 0.790 bits per heavy atom. The van der Waals surface area contributed by atoms with Crippen molar-refractivity contribution >= 4 is 43.9 Å². The predicted octanol–water partition coefficient (Wildman–Crippen LogP) is 15.5. The Balaban J connectivity index is 1.25. The third-order valence-electron chi connectivity index (χ3n) is 12.0. The molecule has 12 rings (SSSR count). The second-order valence-electron chi connectivity index (χ2n) is 15.7. The minimum atomic E-state index is 0.649. The summed E-state index contributed by atoms with van der Waals surface area (Å²) in [6.45, 7) is 0. The van der Waals surface area contributed by atoms with Gasteiger partial charge in [0.15, 0.2) is 11.4 Å². The third kappa shape index (κ3) is 5.84. The lowest BCUT2D eigenvalue weighted by atomic mass is 9.91. The van der Waals surface area contributed by atoms with E-state index in [0.717, 1.165) is 72.3 Å². The molecule has 0 N–H and O–H groups in total. The molecule has 0 spiro atoms. The number of para-hydroxylation sites is 1. The van der Waals surface area contributed by atoms with E-state index in [1.807, 2.05) is 36.4 Å². The Kier molecular flexibility index (Phi) is 8.46. The van der Waals surface area contributed by atoms with E-state index in [2.05, 4.69) is 193 Å². The van der Waals surface area contributed by atoms with Crippen molar-refractivity contribution in [2.24, 2.45) is 0 Å². The van der Waals surface area contributed by atoms with Gasteiger partial charge in [-0.15, -0.1) is 0 Å². The molecule has 4 nitrogen and oxygen atoms in total. The first-order chi connectivity index (χ1) is 30.8. The average Bonchev–Trinajstić information content (AvgIpc) is 3.91. The van der Waals surface area contributed by atoms with Gasteiger partial charge in [-0.05, 0) is 69.8 Å². The van der Waals surface area contributed by atoms with Crippen molar-refractivity contribution in [3.05, 3.63) is 224 Å². The summed E-state index contributed by atoms with van der Waals surface area (Å²) in [5.74, 6) is 0.649. The molecule has 0 atom stereocenters. The molecule has 0 aliphatic carbocycles. The van der Waals surface area contributed by atoms with Crippen LogP contribution in [0.25, 0.3) is 117 Å². The van der Waals surface area contributed by atoms with E-state index in [-0.39, 0.29) is 0 Å². The van der Waals surface area contributed by atoms with Crippen LogP contribution in [0.3, 0.4) is 0 Å². The maximum Gasteiger partial charge on any atom is 0.180 e. The summed E-state index contributed by atoms with van der Waals surface area (Å²) >= 11 is 0. The lowest BCUT2D eigenvalue weighted by Gasteiger charge is -2.21. The molecule has 0 unspecified atom stereocenters. The maximum absolute atomic E-state index is 6.72. The van der Waals surface area contributed by atoms with Crippen LogP contribution in [0, 0.1) is 0 Å². The molecule has 0 radical (unpaired) electrons. The van der Waals surface area contributed by atoms with E-state index < -0.39 is 0 Å². The number of hydrogen-bond donors (Lipinski definition) is 0. The summed E-state index contributed by atoms with van der Waals surface area (Å²) in [5.41, 5.74) is 17.2. The van der Waals surface area contributed by atoms with Gasteiger partial charge in [-0.3, -0.25) is 0 Å². The van der Waals surface area contributed by atoms with E-state index >= 15 is 0 Å². The standard InChI is InChI=1S/C58H37N3O/c1-6-20-38(21-7-1)44-31-18-33-49-52(44)53-45(39-22-8-2-9-23-39)32-19-34-50(53)61(49)56-47(40-24-10-3-11-25-40)36-43(37-48(56)41-26-12-4-13-27-41)54-57-55(46-30-16-17-35-51(46)62-57)60-58(59-54)42-28-14-5-15-29-42/h1-37H. The first-order valence-electron chi connectivity index (χ1n) is 21.0. The van der Waals surface area contributed by atoms with Gasteiger partial charge in [0.1, 0.15) is 16.8 Å². The van der Waals surface area contributed by atoms with Gasteiger partial charge in [0.05, 0.1) is 16.7 Å². The molecule has 9 aromatic carbocycles. The number of hydrogen-bond acceptors (Lipinski definition) is 3. The van der Waals surface area contributed by atoms with Gasteiger partial charge in [-0.1, -0.05) is 188 Å². The molecule has 0 saturated carbocycles. The second-order valence-corrected chi connectivity index (χ2v) is 15.7. The molecule has 12 aromatic rings. The third-order valence-corrected chi connectivity index (χ3v) is 12.0. The first-order valence-corrected chi connectivity index (χ1v) is 21.0. The number of benzene rings is 9. The van der Waals surface area contributed by atoms with Gasteiger partial charge in [0.2, 0.25) is 0 Å². The average molecular weight is 792 g/mol. The maximum atomic E-state index is 6.72. The topological polar surface area (TPSA) is 43.9 Å². The smallest absolute Gasteiger partial charge is 0.180 e. The minimum absolute atomic E-state index is 0.649. The monoisotopic (exact) mass is 791 g/mol. The molecule has 0 saturated heterocycles. The highest BCUT2D eigenvalue weighted by Crippen LogP contribution is 2.48.